The maximum atomic E-state index is 12.6. The van der Waals surface area contributed by atoms with Gasteiger partial charge >= 0.3 is 5.97 Å². The van der Waals surface area contributed by atoms with Crippen LogP contribution in [0.15, 0.2) is 24.3 Å². The molecule has 3 amide bonds. The lowest BCUT2D eigenvalue weighted by molar-refractivity contribution is -0.142. The van der Waals surface area contributed by atoms with Gasteiger partial charge in [-0.2, -0.15) is 11.8 Å². The molecule has 0 spiro atoms. The van der Waals surface area contributed by atoms with Crippen LogP contribution < -0.4 is 21.7 Å². The number of carboxylic acid groups (broad SMARTS) is 1. The van der Waals surface area contributed by atoms with Gasteiger partial charge in [-0.3, -0.25) is 14.4 Å². The maximum absolute atomic E-state index is 12.6. The molecule has 0 aliphatic carbocycles. The molecule has 11 nitrogen and oxygen atoms in total. The summed E-state index contributed by atoms with van der Waals surface area (Å²) in [5, 5.41) is 35.5. The van der Waals surface area contributed by atoms with Crippen molar-refractivity contribution in [1.82, 2.24) is 16.0 Å². The highest BCUT2D eigenvalue weighted by Gasteiger charge is 2.29. The van der Waals surface area contributed by atoms with Gasteiger partial charge in [-0.25, -0.2) is 4.79 Å². The molecule has 1 rings (SSSR count). The van der Waals surface area contributed by atoms with Gasteiger partial charge in [-0.05, 0) is 43.0 Å². The molecule has 0 radical (unpaired) electrons. The van der Waals surface area contributed by atoms with E-state index >= 15 is 0 Å². The first-order chi connectivity index (χ1) is 15.1. The van der Waals surface area contributed by atoms with Crippen molar-refractivity contribution < 1.29 is 34.5 Å². The standard InChI is InChI=1S/C20H30N4O7S/c1-11(21)17(27)22-14(7-8-32-2)18(28)24-16(10-25)19(29)23-15(20(30)31)9-12-3-5-13(26)6-4-12/h3-6,11,14-16,25-26H,7-10,21H2,1-2H3,(H,22,27)(H,23,29)(H,24,28)(H,30,31). The van der Waals surface area contributed by atoms with Gasteiger partial charge in [0.15, 0.2) is 0 Å². The molecule has 0 aromatic heterocycles. The monoisotopic (exact) mass is 470 g/mol. The number of benzene rings is 1. The van der Waals surface area contributed by atoms with Gasteiger partial charge in [0.1, 0.15) is 23.9 Å². The predicted molar refractivity (Wildman–Crippen MR) is 119 cm³/mol. The van der Waals surface area contributed by atoms with E-state index in [1.807, 2.05) is 6.26 Å². The van der Waals surface area contributed by atoms with Crippen LogP contribution in [0.5, 0.6) is 5.75 Å². The summed E-state index contributed by atoms with van der Waals surface area (Å²) < 4.78 is 0. The lowest BCUT2D eigenvalue weighted by atomic mass is 10.1. The van der Waals surface area contributed by atoms with E-state index in [1.165, 1.54) is 43.0 Å². The Labute approximate surface area is 190 Å². The molecule has 0 aliphatic heterocycles. The van der Waals surface area contributed by atoms with Crippen LogP contribution >= 0.6 is 11.8 Å². The molecule has 4 atom stereocenters. The van der Waals surface area contributed by atoms with E-state index in [0.717, 1.165) is 0 Å². The molecule has 32 heavy (non-hydrogen) atoms. The number of aliphatic hydroxyl groups excluding tert-OH is 1. The summed E-state index contributed by atoms with van der Waals surface area (Å²) in [5.41, 5.74) is 6.07. The Bertz CT molecular complexity index is 789. The average Bonchev–Trinajstić information content (AvgIpc) is 2.75. The normalized spacial score (nSPS) is 14.5. The second-order valence-corrected chi connectivity index (χ2v) is 8.13. The van der Waals surface area contributed by atoms with Gasteiger partial charge in [0.25, 0.3) is 0 Å². The van der Waals surface area contributed by atoms with Crippen molar-refractivity contribution >= 4 is 35.5 Å². The van der Waals surface area contributed by atoms with E-state index in [4.69, 9.17) is 5.73 Å². The predicted octanol–water partition coefficient (Wildman–Crippen LogP) is -1.43. The molecule has 0 heterocycles. The highest BCUT2D eigenvalue weighted by Crippen LogP contribution is 2.11. The minimum Gasteiger partial charge on any atom is -0.508 e. The van der Waals surface area contributed by atoms with Crippen LogP contribution in [0.1, 0.15) is 18.9 Å². The largest absolute Gasteiger partial charge is 0.508 e. The van der Waals surface area contributed by atoms with Crippen LogP contribution in [0.25, 0.3) is 0 Å². The van der Waals surface area contributed by atoms with Crippen LogP contribution in [0.2, 0.25) is 0 Å². The number of thioether (sulfide) groups is 1. The van der Waals surface area contributed by atoms with E-state index in [0.29, 0.717) is 11.3 Å². The van der Waals surface area contributed by atoms with E-state index in [9.17, 15) is 34.5 Å². The summed E-state index contributed by atoms with van der Waals surface area (Å²) in [6, 6.07) is 1.23. The Hall–Kier alpha value is -2.83. The number of aliphatic carboxylic acids is 1. The van der Waals surface area contributed by atoms with Crippen molar-refractivity contribution in [2.45, 2.75) is 43.9 Å². The van der Waals surface area contributed by atoms with Crippen LogP contribution in [-0.2, 0) is 25.6 Å². The molecule has 1 aromatic carbocycles. The molecule has 0 saturated heterocycles. The molecule has 0 aliphatic rings. The number of nitrogens with two attached hydrogens (primary N) is 1. The quantitative estimate of drug-likeness (QED) is 0.181. The second kappa shape index (κ2) is 13.6. The van der Waals surface area contributed by atoms with E-state index < -0.39 is 54.5 Å². The fourth-order valence-electron chi connectivity index (χ4n) is 2.61. The van der Waals surface area contributed by atoms with Gasteiger partial charge in [0.2, 0.25) is 17.7 Å². The van der Waals surface area contributed by atoms with Crippen molar-refractivity contribution in [1.29, 1.82) is 0 Å². The zero-order valence-electron chi connectivity index (χ0n) is 17.9. The molecule has 0 fully saturated rings. The molecule has 0 saturated carbocycles. The number of phenols is 1. The molecule has 1 aromatic rings. The Morgan fingerprint density at radius 1 is 0.969 bits per heavy atom. The zero-order chi connectivity index (χ0) is 24.3. The third-order valence-corrected chi connectivity index (χ3v) is 5.11. The van der Waals surface area contributed by atoms with Crippen LogP contribution in [0.4, 0.5) is 0 Å². The minimum absolute atomic E-state index is 0.0138. The number of carboxylic acids is 1. The summed E-state index contributed by atoms with van der Waals surface area (Å²) in [6.07, 6.45) is 2.02. The molecule has 4 unspecified atom stereocenters. The molecule has 178 valence electrons. The smallest absolute Gasteiger partial charge is 0.326 e. The second-order valence-electron chi connectivity index (χ2n) is 7.15. The zero-order valence-corrected chi connectivity index (χ0v) is 18.7. The van der Waals surface area contributed by atoms with Crippen molar-refractivity contribution in [3.8, 4) is 5.75 Å². The number of hydrogen-bond acceptors (Lipinski definition) is 8. The number of aromatic hydroxyl groups is 1. The van der Waals surface area contributed by atoms with Crippen molar-refractivity contribution in [2.75, 3.05) is 18.6 Å². The van der Waals surface area contributed by atoms with Gasteiger partial charge < -0.3 is 37.0 Å². The molecule has 8 N–H and O–H groups in total. The first-order valence-corrected chi connectivity index (χ1v) is 11.3. The van der Waals surface area contributed by atoms with Crippen molar-refractivity contribution in [2.24, 2.45) is 5.73 Å². The minimum atomic E-state index is -1.42. The molecule has 0 bridgehead atoms. The highest BCUT2D eigenvalue weighted by atomic mass is 32.2. The summed E-state index contributed by atoms with van der Waals surface area (Å²) in [7, 11) is 0. The molecular formula is C20H30N4O7S. The Morgan fingerprint density at radius 3 is 2.00 bits per heavy atom. The number of aliphatic hydroxyl groups is 1. The Kier molecular flexibility index (Phi) is 11.5. The van der Waals surface area contributed by atoms with Gasteiger partial charge in [0, 0.05) is 6.42 Å². The number of phenolic OH excluding ortho intramolecular Hbond substituents is 1. The first-order valence-electron chi connectivity index (χ1n) is 9.86. The van der Waals surface area contributed by atoms with E-state index in [1.54, 1.807) is 0 Å². The lowest BCUT2D eigenvalue weighted by Crippen LogP contribution is -2.58. The summed E-state index contributed by atoms with van der Waals surface area (Å²) in [5.74, 6) is -2.89. The number of hydrogen-bond donors (Lipinski definition) is 7. The van der Waals surface area contributed by atoms with Gasteiger partial charge in [-0.15, -0.1) is 0 Å². The lowest BCUT2D eigenvalue weighted by Gasteiger charge is -2.24. The van der Waals surface area contributed by atoms with E-state index in [2.05, 4.69) is 16.0 Å². The summed E-state index contributed by atoms with van der Waals surface area (Å²) in [4.78, 5) is 48.6. The molecular weight excluding hydrogens is 440 g/mol. The maximum Gasteiger partial charge on any atom is 0.326 e. The Balaban J connectivity index is 2.83. The number of amides is 3. The number of rotatable bonds is 13. The third kappa shape index (κ3) is 9.12. The van der Waals surface area contributed by atoms with Crippen LogP contribution in [0.3, 0.4) is 0 Å². The van der Waals surface area contributed by atoms with Gasteiger partial charge in [0.05, 0.1) is 12.6 Å². The topological polar surface area (TPSA) is 191 Å². The third-order valence-electron chi connectivity index (χ3n) is 4.46. The number of carbonyl (C=O) groups excluding carboxylic acids is 3. The summed E-state index contributed by atoms with van der Waals surface area (Å²) >= 11 is 1.46. The highest BCUT2D eigenvalue weighted by molar-refractivity contribution is 7.98. The van der Waals surface area contributed by atoms with Gasteiger partial charge in [-0.1, -0.05) is 12.1 Å². The fourth-order valence-corrected chi connectivity index (χ4v) is 3.09. The number of carbonyl (C=O) groups is 4. The van der Waals surface area contributed by atoms with Crippen LogP contribution in [0, 0.1) is 0 Å². The van der Waals surface area contributed by atoms with Crippen LogP contribution in [-0.4, -0.2) is 81.8 Å². The Morgan fingerprint density at radius 2 is 1.50 bits per heavy atom. The first kappa shape index (κ1) is 27.2. The summed E-state index contributed by atoms with van der Waals surface area (Å²) in [6.45, 7) is 0.683. The number of nitrogens with one attached hydrogen (secondary N) is 3. The van der Waals surface area contributed by atoms with Crippen molar-refractivity contribution in [3.05, 3.63) is 29.8 Å². The SMILES string of the molecule is CSCCC(NC(=O)C(C)N)C(=O)NC(CO)C(=O)NC(Cc1ccc(O)cc1)C(=O)O. The average molecular weight is 471 g/mol. The van der Waals surface area contributed by atoms with E-state index in [-0.39, 0.29) is 18.6 Å². The van der Waals surface area contributed by atoms with Crippen molar-refractivity contribution in [3.63, 3.8) is 0 Å². The fraction of sp³-hybridized carbons (Fsp3) is 0.500. The molecule has 12 heteroatoms.